The van der Waals surface area contributed by atoms with Gasteiger partial charge in [-0.15, -0.1) is 10.2 Å². The molecule has 3 rings (SSSR count). The van der Waals surface area contributed by atoms with Gasteiger partial charge in [0.1, 0.15) is 5.69 Å². The van der Waals surface area contributed by atoms with E-state index < -0.39 is 10.2 Å². The molecule has 2 aliphatic rings. The smallest absolute Gasteiger partial charge is 0.212 e. The largest absolute Gasteiger partial charge is 0.288 e. The highest BCUT2D eigenvalue weighted by Crippen LogP contribution is 2.32. The Morgan fingerprint density at radius 1 is 1.19 bits per heavy atom. The molecule has 0 aliphatic carbocycles. The van der Waals surface area contributed by atoms with Gasteiger partial charge in [0.15, 0.2) is 5.69 Å². The van der Waals surface area contributed by atoms with Crippen molar-refractivity contribution < 1.29 is 33.8 Å². The van der Waals surface area contributed by atoms with E-state index in [2.05, 4.69) is 55.2 Å². The third kappa shape index (κ3) is 3.82. The highest BCUT2D eigenvalue weighted by Gasteiger charge is 2.36. The molecule has 1 unspecified atom stereocenters. The van der Waals surface area contributed by atoms with Gasteiger partial charge in [-0.25, -0.2) is 18.6 Å². The summed E-state index contributed by atoms with van der Waals surface area (Å²) in [6.07, 6.45) is 4.60. The number of rotatable bonds is 1. The van der Waals surface area contributed by atoms with Gasteiger partial charge in [-0.1, -0.05) is 18.2 Å². The second-order valence-corrected chi connectivity index (χ2v) is 5.57. The maximum Gasteiger partial charge on any atom is 0.212 e. The summed E-state index contributed by atoms with van der Waals surface area (Å²) in [4.78, 5) is 3.91. The minimum atomic E-state index is -4.94. The first kappa shape index (κ1) is 16.0. The van der Waals surface area contributed by atoms with Gasteiger partial charge < -0.3 is 0 Å². The first-order valence-electron chi connectivity index (χ1n) is 6.54. The number of benzene rings is 1. The molecule has 0 radical (unpaired) electrons. The fraction of sp³-hybridized carbons (Fsp3) is 0.286. The molecule has 0 aromatic heterocycles. The highest BCUT2D eigenvalue weighted by atomic mass is 35.7. The number of anilines is 1. The monoisotopic (exact) mass is 312 g/mol. The molecule has 2 heterocycles. The zero-order chi connectivity index (χ0) is 15.6. The number of halogens is 1. The molecule has 1 N–H and O–H groups in total. The van der Waals surface area contributed by atoms with E-state index in [1.165, 1.54) is 27.7 Å². The van der Waals surface area contributed by atoms with Gasteiger partial charge in [-0.05, 0) is 25.5 Å². The van der Waals surface area contributed by atoms with Crippen LogP contribution in [0.4, 0.5) is 11.4 Å². The van der Waals surface area contributed by atoms with Crippen LogP contribution in [0.25, 0.3) is 0 Å². The molecule has 7 heteroatoms. The maximum absolute atomic E-state index is 8.49. The van der Waals surface area contributed by atoms with Gasteiger partial charge in [0, 0.05) is 18.7 Å². The molecule has 2 aliphatic heterocycles. The van der Waals surface area contributed by atoms with Crippen molar-refractivity contribution in [2.75, 3.05) is 18.0 Å². The van der Waals surface area contributed by atoms with Crippen LogP contribution >= 0.6 is 0 Å². The van der Waals surface area contributed by atoms with Crippen LogP contribution in [0.5, 0.6) is 0 Å². The normalized spacial score (nSPS) is 19.9. The predicted octanol–water partition coefficient (Wildman–Crippen LogP) is -2.91. The molecule has 1 atom stereocenters. The lowest BCUT2D eigenvalue weighted by molar-refractivity contribution is -2.00. The molecule has 21 heavy (non-hydrogen) atoms. The van der Waals surface area contributed by atoms with Crippen molar-refractivity contribution >= 4 is 11.4 Å². The Morgan fingerprint density at radius 2 is 1.81 bits per heavy atom. The summed E-state index contributed by atoms with van der Waals surface area (Å²) in [7, 11) is -4.94. The zero-order valence-electron chi connectivity index (χ0n) is 11.8. The fourth-order valence-corrected chi connectivity index (χ4v) is 2.64. The van der Waals surface area contributed by atoms with Crippen LogP contribution in [0.1, 0.15) is 13.8 Å². The molecule has 0 fully saturated rings. The van der Waals surface area contributed by atoms with Crippen molar-refractivity contribution in [3.05, 3.63) is 47.8 Å². The van der Waals surface area contributed by atoms with Crippen LogP contribution in [0.3, 0.4) is 0 Å². The van der Waals surface area contributed by atoms with Gasteiger partial charge in [-0.2, -0.15) is 0 Å². The number of allylic oxidation sites excluding steroid dienone is 2. The lowest BCUT2D eigenvalue weighted by atomic mass is 10.2. The summed E-state index contributed by atoms with van der Waals surface area (Å²) in [5.74, 6) is 1.41. The van der Waals surface area contributed by atoms with Gasteiger partial charge in [0.25, 0.3) is 0 Å². The molecule has 6 nitrogen and oxygen atoms in total. The minimum absolute atomic E-state index is 1.01. The number of quaternary nitrogens is 1. The number of hydrogen-bond acceptors (Lipinski definition) is 5. The van der Waals surface area contributed by atoms with Crippen molar-refractivity contribution in [3.8, 4) is 0 Å². The summed E-state index contributed by atoms with van der Waals surface area (Å²) >= 11 is 0. The van der Waals surface area contributed by atoms with E-state index in [4.69, 9.17) is 18.6 Å². The zero-order valence-corrected chi connectivity index (χ0v) is 12.6. The average molecular weight is 313 g/mol. The van der Waals surface area contributed by atoms with Gasteiger partial charge in [0.05, 0.1) is 6.54 Å². The van der Waals surface area contributed by atoms with Crippen molar-refractivity contribution in [2.45, 2.75) is 13.8 Å². The van der Waals surface area contributed by atoms with E-state index >= 15 is 0 Å². The molecule has 0 saturated heterocycles. The number of fused-ring (bicyclic) bond motifs is 3. The standard InChI is InChI=1S/C14H16N2.ClHO4/c1-3-15-12-6-4-5-7-13(12)16-9-8-11(2)10-14(15)16;2-1(3,4)5/h4-8,10H,3,9H2,1-2H3;(H,2,3,4,5). The Labute approximate surface area is 125 Å². The summed E-state index contributed by atoms with van der Waals surface area (Å²) in [6.45, 7) is 6.54. The quantitative estimate of drug-likeness (QED) is 0.599. The molecule has 0 spiro atoms. The van der Waals surface area contributed by atoms with E-state index in [1.807, 2.05) is 0 Å². The van der Waals surface area contributed by atoms with Crippen molar-refractivity contribution in [3.63, 3.8) is 0 Å². The van der Waals surface area contributed by atoms with Gasteiger partial charge in [0.2, 0.25) is 5.82 Å². The van der Waals surface area contributed by atoms with Gasteiger partial charge in [-0.3, -0.25) is 9.80 Å². The second kappa shape index (κ2) is 6.15. The van der Waals surface area contributed by atoms with E-state index in [0.29, 0.717) is 0 Å². The van der Waals surface area contributed by atoms with Crippen molar-refractivity contribution in [2.24, 2.45) is 0 Å². The molecule has 0 saturated carbocycles. The summed E-state index contributed by atoms with van der Waals surface area (Å²) in [6, 6.07) is 8.72. The summed E-state index contributed by atoms with van der Waals surface area (Å²) in [5.41, 5.74) is 4.17. The van der Waals surface area contributed by atoms with Crippen molar-refractivity contribution in [1.29, 1.82) is 0 Å². The lowest BCUT2D eigenvalue weighted by Crippen LogP contribution is -3.04. The Kier molecular flexibility index (Phi) is 4.67. The molecular formula is C14H17ClN2O4. The molecule has 114 valence electrons. The molecule has 1 aromatic rings. The molecule has 0 bridgehead atoms. The summed E-state index contributed by atoms with van der Waals surface area (Å²) in [5, 5.41) is 0. The third-order valence-corrected chi connectivity index (χ3v) is 3.43. The Morgan fingerprint density at radius 3 is 2.43 bits per heavy atom. The van der Waals surface area contributed by atoms with Crippen LogP contribution in [-0.2, 0) is 0 Å². The third-order valence-electron chi connectivity index (χ3n) is 3.43. The van der Waals surface area contributed by atoms with Gasteiger partial charge >= 0.3 is 0 Å². The highest BCUT2D eigenvalue weighted by molar-refractivity contribution is 5.70. The summed E-state index contributed by atoms with van der Waals surface area (Å²) < 4.78 is 34.0. The first-order chi connectivity index (χ1) is 9.81. The first-order valence-corrected chi connectivity index (χ1v) is 7.78. The Bertz CT molecular complexity index is 560. The molecule has 0 amide bonds. The Hall–Kier alpha value is -1.41. The van der Waals surface area contributed by atoms with Crippen LogP contribution in [0.15, 0.2) is 47.8 Å². The maximum atomic E-state index is 8.49. The van der Waals surface area contributed by atoms with E-state index in [9.17, 15) is 0 Å². The molecule has 1 aromatic carbocycles. The van der Waals surface area contributed by atoms with Crippen LogP contribution in [0, 0.1) is 10.2 Å². The number of nitrogens with one attached hydrogen (secondary N) is 1. The van der Waals surface area contributed by atoms with Crippen LogP contribution in [0.2, 0.25) is 0 Å². The van der Waals surface area contributed by atoms with E-state index in [-0.39, 0.29) is 0 Å². The predicted molar refractivity (Wildman–Crippen MR) is 66.8 cm³/mol. The van der Waals surface area contributed by atoms with E-state index in [1.54, 1.807) is 0 Å². The van der Waals surface area contributed by atoms with Crippen molar-refractivity contribution in [1.82, 2.24) is 0 Å². The SMILES string of the molecule is CC[NH+]1C2=CC(C)=CCN2c2ccccc21.[O-][Cl+3]([O-])([O-])[O-]. The lowest BCUT2D eigenvalue weighted by Gasteiger charge is -2.21. The van der Waals surface area contributed by atoms with Crippen LogP contribution < -0.4 is 28.4 Å². The average Bonchev–Trinajstić information content (AvgIpc) is 2.69. The number of para-hydroxylation sites is 2. The minimum Gasteiger partial charge on any atom is -0.288 e. The second-order valence-electron chi connectivity index (χ2n) is 4.82. The molecular weight excluding hydrogens is 296 g/mol. The number of nitrogens with zero attached hydrogens (tertiary/aromatic N) is 1. The topological polar surface area (TPSA) is 99.9 Å². The number of hydrogen-bond donors (Lipinski definition) is 1. The van der Waals surface area contributed by atoms with Crippen LogP contribution in [-0.4, -0.2) is 13.1 Å². The Balaban J connectivity index is 0.000000282. The van der Waals surface area contributed by atoms with E-state index in [0.717, 1.165) is 13.1 Å². The fourth-order valence-electron chi connectivity index (χ4n) is 2.64.